The van der Waals surface area contributed by atoms with E-state index in [0.29, 0.717) is 22.2 Å². The number of carbonyl (C=O) groups excluding carboxylic acids is 1. The zero-order valence-corrected chi connectivity index (χ0v) is 16.2. The molecule has 1 saturated heterocycles. The zero-order chi connectivity index (χ0) is 19.4. The van der Waals surface area contributed by atoms with Crippen LogP contribution in [0.25, 0.3) is 6.08 Å². The molecule has 5 nitrogen and oxygen atoms in total. The summed E-state index contributed by atoms with van der Waals surface area (Å²) < 4.78 is 5.67. The summed E-state index contributed by atoms with van der Waals surface area (Å²) in [4.78, 5) is 25.7. The number of carboxylic acid groups (broad SMARTS) is 1. The van der Waals surface area contributed by atoms with Crippen LogP contribution >= 0.6 is 24.0 Å². The van der Waals surface area contributed by atoms with E-state index in [1.165, 1.54) is 23.9 Å². The molecule has 1 fully saturated rings. The lowest BCUT2D eigenvalue weighted by atomic mass is 10.1. The van der Waals surface area contributed by atoms with Crippen molar-refractivity contribution in [3.05, 3.63) is 70.1 Å². The van der Waals surface area contributed by atoms with E-state index < -0.39 is 5.97 Å². The summed E-state index contributed by atoms with van der Waals surface area (Å²) in [6, 6.07) is 14.1. The van der Waals surface area contributed by atoms with Gasteiger partial charge in [0.1, 0.15) is 10.1 Å². The minimum Gasteiger partial charge on any atom is -0.497 e. The molecule has 2 aromatic rings. The molecule has 0 spiro atoms. The number of hydrogen-bond acceptors (Lipinski definition) is 5. The Bertz CT molecular complexity index is 905. The molecule has 1 N–H and O–H groups in total. The summed E-state index contributed by atoms with van der Waals surface area (Å²) in [5.74, 6) is -0.312. The Labute approximate surface area is 166 Å². The molecule has 1 amide bonds. The number of carboxylic acids is 1. The van der Waals surface area contributed by atoms with Crippen molar-refractivity contribution < 1.29 is 19.4 Å². The highest BCUT2D eigenvalue weighted by Crippen LogP contribution is 2.32. The Kier molecular flexibility index (Phi) is 5.93. The van der Waals surface area contributed by atoms with Gasteiger partial charge in [-0.1, -0.05) is 48.2 Å². The maximum absolute atomic E-state index is 12.7. The molecule has 0 atom stereocenters. The fourth-order valence-corrected chi connectivity index (χ4v) is 3.91. The lowest BCUT2D eigenvalue weighted by Gasteiger charge is -2.14. The number of hydrogen-bond donors (Lipinski definition) is 1. The number of carbonyl (C=O) groups is 2. The fraction of sp³-hybridized carbons (Fsp3) is 0.150. The Hall–Kier alpha value is -2.64. The van der Waals surface area contributed by atoms with Crippen molar-refractivity contribution in [1.29, 1.82) is 0 Å². The molecular formula is C20H17NO4S2. The molecule has 2 aromatic carbocycles. The number of thioether (sulfide) groups is 1. The average molecular weight is 399 g/mol. The van der Waals surface area contributed by atoms with Crippen LogP contribution in [0, 0.1) is 0 Å². The van der Waals surface area contributed by atoms with E-state index in [9.17, 15) is 9.59 Å². The summed E-state index contributed by atoms with van der Waals surface area (Å²) in [6.07, 6.45) is 2.43. The molecule has 0 bridgehead atoms. The minimum atomic E-state index is -0.980. The van der Waals surface area contributed by atoms with Gasteiger partial charge in [0.25, 0.3) is 5.91 Å². The molecule has 0 aliphatic carbocycles. The van der Waals surface area contributed by atoms with Crippen LogP contribution in [0.4, 0.5) is 0 Å². The molecule has 3 rings (SSSR count). The second kappa shape index (κ2) is 8.37. The Morgan fingerprint density at radius 1 is 1.19 bits per heavy atom. The number of amides is 1. The van der Waals surface area contributed by atoms with Gasteiger partial charge in [0.05, 0.1) is 17.6 Å². The third kappa shape index (κ3) is 4.56. The van der Waals surface area contributed by atoms with Gasteiger partial charge in [0.2, 0.25) is 0 Å². The molecule has 0 aromatic heterocycles. The predicted octanol–water partition coefficient (Wildman–Crippen LogP) is 3.84. The first-order valence-corrected chi connectivity index (χ1v) is 9.42. The molecule has 1 aliphatic rings. The first-order valence-electron chi connectivity index (χ1n) is 8.19. The van der Waals surface area contributed by atoms with Crippen molar-refractivity contribution in [3.63, 3.8) is 0 Å². The van der Waals surface area contributed by atoms with Crippen molar-refractivity contribution in [3.8, 4) is 5.75 Å². The Morgan fingerprint density at radius 2 is 1.85 bits per heavy atom. The minimum absolute atomic E-state index is 0.124. The Morgan fingerprint density at radius 3 is 2.44 bits per heavy atom. The molecule has 7 heteroatoms. The molecule has 1 aliphatic heterocycles. The average Bonchev–Trinajstić information content (AvgIpc) is 2.94. The van der Waals surface area contributed by atoms with Crippen molar-refractivity contribution in [2.24, 2.45) is 0 Å². The van der Waals surface area contributed by atoms with E-state index >= 15 is 0 Å². The van der Waals surface area contributed by atoms with E-state index in [2.05, 4.69) is 0 Å². The molecule has 1 heterocycles. The van der Waals surface area contributed by atoms with Gasteiger partial charge in [0, 0.05) is 6.54 Å². The smallest absolute Gasteiger partial charge is 0.335 e. The predicted molar refractivity (Wildman–Crippen MR) is 110 cm³/mol. The number of nitrogens with zero attached hydrogens (tertiary/aromatic N) is 1. The van der Waals surface area contributed by atoms with Gasteiger partial charge in [-0.15, -0.1) is 0 Å². The highest BCUT2D eigenvalue weighted by atomic mass is 32.2. The van der Waals surface area contributed by atoms with Crippen LogP contribution in [-0.2, 0) is 11.2 Å². The van der Waals surface area contributed by atoms with Gasteiger partial charge in [-0.2, -0.15) is 0 Å². The number of rotatable bonds is 6. The molecule has 0 saturated carbocycles. The highest BCUT2D eigenvalue weighted by Gasteiger charge is 2.31. The fourth-order valence-electron chi connectivity index (χ4n) is 2.60. The summed E-state index contributed by atoms with van der Waals surface area (Å²) in [5, 5.41) is 8.95. The SMILES string of the molecule is COc1ccc(CCN2C(=O)/C(=C/c3ccc(C(=O)O)cc3)SC2=S)cc1. The molecular weight excluding hydrogens is 382 g/mol. The third-order valence-corrected chi connectivity index (χ3v) is 5.49. The zero-order valence-electron chi connectivity index (χ0n) is 14.5. The molecule has 0 radical (unpaired) electrons. The van der Waals surface area contributed by atoms with Gasteiger partial charge in [-0.05, 0) is 47.9 Å². The molecule has 27 heavy (non-hydrogen) atoms. The second-order valence-corrected chi connectivity index (χ2v) is 7.53. The van der Waals surface area contributed by atoms with Gasteiger partial charge in [-0.3, -0.25) is 9.69 Å². The van der Waals surface area contributed by atoms with Crippen LogP contribution in [-0.4, -0.2) is 39.9 Å². The number of ether oxygens (including phenoxy) is 1. The summed E-state index contributed by atoms with van der Waals surface area (Å²) in [7, 11) is 1.62. The number of thiocarbonyl (C=S) groups is 1. The standard InChI is InChI=1S/C20H17NO4S2/c1-25-16-8-4-13(5-9-16)10-11-21-18(22)17(27-20(21)26)12-14-2-6-15(7-3-14)19(23)24/h2-9,12H,10-11H2,1H3,(H,23,24)/b17-12-. The van der Waals surface area contributed by atoms with Crippen LogP contribution in [0.1, 0.15) is 21.5 Å². The quantitative estimate of drug-likeness (QED) is 0.588. The van der Waals surface area contributed by atoms with Crippen molar-refractivity contribution >= 4 is 46.3 Å². The van der Waals surface area contributed by atoms with Crippen LogP contribution in [0.15, 0.2) is 53.4 Å². The molecule has 138 valence electrons. The maximum atomic E-state index is 12.7. The highest BCUT2D eigenvalue weighted by molar-refractivity contribution is 8.26. The molecule has 0 unspecified atom stereocenters. The first-order chi connectivity index (χ1) is 13.0. The van der Waals surface area contributed by atoms with E-state index in [-0.39, 0.29) is 11.5 Å². The van der Waals surface area contributed by atoms with Gasteiger partial charge >= 0.3 is 5.97 Å². The van der Waals surface area contributed by atoms with E-state index in [1.807, 2.05) is 24.3 Å². The Balaban J connectivity index is 1.67. The van der Waals surface area contributed by atoms with Crippen LogP contribution in [0.5, 0.6) is 5.75 Å². The summed E-state index contributed by atoms with van der Waals surface area (Å²) >= 11 is 6.61. The van der Waals surface area contributed by atoms with Crippen molar-refractivity contribution in [1.82, 2.24) is 4.90 Å². The van der Waals surface area contributed by atoms with E-state index in [0.717, 1.165) is 16.9 Å². The van der Waals surface area contributed by atoms with E-state index in [4.69, 9.17) is 22.1 Å². The van der Waals surface area contributed by atoms with Crippen molar-refractivity contribution in [2.45, 2.75) is 6.42 Å². The lowest BCUT2D eigenvalue weighted by Crippen LogP contribution is -2.30. The number of aromatic carboxylic acids is 1. The van der Waals surface area contributed by atoms with Gasteiger partial charge in [-0.25, -0.2) is 4.79 Å². The van der Waals surface area contributed by atoms with Crippen LogP contribution in [0.3, 0.4) is 0 Å². The topological polar surface area (TPSA) is 66.8 Å². The number of benzene rings is 2. The lowest BCUT2D eigenvalue weighted by molar-refractivity contribution is -0.122. The monoisotopic (exact) mass is 399 g/mol. The first kappa shape index (κ1) is 19.1. The third-order valence-electron chi connectivity index (χ3n) is 4.11. The summed E-state index contributed by atoms with van der Waals surface area (Å²) in [5.41, 5.74) is 2.06. The maximum Gasteiger partial charge on any atom is 0.335 e. The summed E-state index contributed by atoms with van der Waals surface area (Å²) in [6.45, 7) is 0.506. The number of methoxy groups -OCH3 is 1. The van der Waals surface area contributed by atoms with Gasteiger partial charge < -0.3 is 9.84 Å². The van der Waals surface area contributed by atoms with Crippen LogP contribution in [0.2, 0.25) is 0 Å². The second-order valence-electron chi connectivity index (χ2n) is 5.86. The van der Waals surface area contributed by atoms with Crippen LogP contribution < -0.4 is 4.74 Å². The normalized spacial score (nSPS) is 15.4. The largest absolute Gasteiger partial charge is 0.497 e. The van der Waals surface area contributed by atoms with Crippen molar-refractivity contribution in [2.75, 3.05) is 13.7 Å². The van der Waals surface area contributed by atoms with E-state index in [1.54, 1.807) is 30.2 Å². The van der Waals surface area contributed by atoms with Gasteiger partial charge in [0.15, 0.2) is 0 Å².